The van der Waals surface area contributed by atoms with Gasteiger partial charge in [0.05, 0.1) is 12.5 Å². The molecule has 0 aromatic heterocycles. The largest absolute Gasteiger partial charge is 0.481 e. The minimum Gasteiger partial charge on any atom is -0.481 e. The van der Waals surface area contributed by atoms with E-state index < -0.39 is 11.9 Å². The third-order valence-electron chi connectivity index (χ3n) is 4.66. The molecule has 0 radical (unpaired) electrons. The molecule has 5 heteroatoms. The number of benzene rings is 2. The van der Waals surface area contributed by atoms with E-state index in [4.69, 9.17) is 4.74 Å². The molecule has 2 aromatic rings. The lowest BCUT2D eigenvalue weighted by Gasteiger charge is -2.17. The van der Waals surface area contributed by atoms with Gasteiger partial charge in [0.15, 0.2) is 0 Å². The van der Waals surface area contributed by atoms with E-state index >= 15 is 0 Å². The fourth-order valence-corrected chi connectivity index (χ4v) is 3.35. The molecule has 25 heavy (non-hydrogen) atoms. The molecule has 0 unspecified atom stereocenters. The first-order valence-electron chi connectivity index (χ1n) is 8.25. The van der Waals surface area contributed by atoms with Crippen LogP contribution in [0.4, 0.5) is 0 Å². The van der Waals surface area contributed by atoms with Crippen LogP contribution in [-0.2, 0) is 16.1 Å². The Labute approximate surface area is 146 Å². The van der Waals surface area contributed by atoms with Gasteiger partial charge in [-0.15, -0.1) is 0 Å². The first kappa shape index (κ1) is 17.2. The summed E-state index contributed by atoms with van der Waals surface area (Å²) in [5.41, 5.74) is 2.52. The topological polar surface area (TPSA) is 66.8 Å². The number of hydrogen-bond acceptors (Lipinski definition) is 3. The predicted octanol–water partition coefficient (Wildman–Crippen LogP) is 2.77. The van der Waals surface area contributed by atoms with Gasteiger partial charge >= 0.3 is 5.97 Å². The van der Waals surface area contributed by atoms with Gasteiger partial charge in [0.2, 0.25) is 0 Å². The van der Waals surface area contributed by atoms with Crippen molar-refractivity contribution < 1.29 is 19.4 Å². The van der Waals surface area contributed by atoms with Crippen LogP contribution in [0.5, 0.6) is 0 Å². The van der Waals surface area contributed by atoms with E-state index in [1.54, 1.807) is 24.1 Å². The second kappa shape index (κ2) is 7.49. The van der Waals surface area contributed by atoms with Crippen LogP contribution >= 0.6 is 0 Å². The fourth-order valence-electron chi connectivity index (χ4n) is 3.35. The molecule has 3 rings (SSSR count). The maximum atomic E-state index is 12.8. The van der Waals surface area contributed by atoms with Crippen molar-refractivity contribution in [2.75, 3.05) is 20.2 Å². The first-order valence-corrected chi connectivity index (χ1v) is 8.25. The Bertz CT molecular complexity index is 742. The zero-order chi connectivity index (χ0) is 17.8. The molecule has 1 N–H and O–H groups in total. The summed E-state index contributed by atoms with van der Waals surface area (Å²) < 4.78 is 5.07. The highest BCUT2D eigenvalue weighted by molar-refractivity contribution is 5.95. The van der Waals surface area contributed by atoms with Crippen molar-refractivity contribution in [3.63, 3.8) is 0 Å². The summed E-state index contributed by atoms with van der Waals surface area (Å²) in [6.45, 7) is 1.14. The third-order valence-corrected chi connectivity index (χ3v) is 4.66. The molecule has 1 heterocycles. The number of carbonyl (C=O) groups excluding carboxylic acids is 1. The second-order valence-corrected chi connectivity index (χ2v) is 6.30. The number of rotatable bonds is 5. The van der Waals surface area contributed by atoms with Crippen LogP contribution in [0.2, 0.25) is 0 Å². The van der Waals surface area contributed by atoms with Gasteiger partial charge in [-0.05, 0) is 23.3 Å². The van der Waals surface area contributed by atoms with Gasteiger partial charge in [-0.25, -0.2) is 0 Å². The summed E-state index contributed by atoms with van der Waals surface area (Å²) in [6, 6.07) is 16.8. The lowest BCUT2D eigenvalue weighted by Crippen LogP contribution is -2.29. The van der Waals surface area contributed by atoms with E-state index in [-0.39, 0.29) is 18.4 Å². The molecule has 1 amide bonds. The molecule has 0 bridgehead atoms. The molecule has 0 saturated carbocycles. The molecule has 2 aromatic carbocycles. The maximum Gasteiger partial charge on any atom is 0.308 e. The average Bonchev–Trinajstić information content (AvgIpc) is 3.08. The van der Waals surface area contributed by atoms with Crippen molar-refractivity contribution >= 4 is 11.9 Å². The second-order valence-electron chi connectivity index (χ2n) is 6.30. The Balaban J connectivity index is 1.78. The van der Waals surface area contributed by atoms with Gasteiger partial charge in [0, 0.05) is 31.7 Å². The summed E-state index contributed by atoms with van der Waals surface area (Å²) >= 11 is 0. The molecule has 1 saturated heterocycles. The number of amides is 1. The minimum absolute atomic E-state index is 0.131. The maximum absolute atomic E-state index is 12.8. The number of likely N-dealkylation sites (tertiary alicyclic amines) is 1. The number of ether oxygens (including phenoxy) is 1. The van der Waals surface area contributed by atoms with E-state index in [9.17, 15) is 14.7 Å². The highest BCUT2D eigenvalue weighted by atomic mass is 16.5. The van der Waals surface area contributed by atoms with Crippen molar-refractivity contribution in [1.82, 2.24) is 4.90 Å². The SMILES string of the molecule is COCc1ccc(C(=O)N2C[C@H](C(=O)O)[C@H](c3ccccc3)C2)cc1. The Hall–Kier alpha value is -2.66. The molecule has 0 spiro atoms. The van der Waals surface area contributed by atoms with Crippen LogP contribution in [0.1, 0.15) is 27.4 Å². The molecule has 1 aliphatic rings. The van der Waals surface area contributed by atoms with Crippen LogP contribution in [0, 0.1) is 5.92 Å². The summed E-state index contributed by atoms with van der Waals surface area (Å²) in [4.78, 5) is 26.1. The Kier molecular flexibility index (Phi) is 5.14. The predicted molar refractivity (Wildman–Crippen MR) is 93.4 cm³/mol. The smallest absolute Gasteiger partial charge is 0.308 e. The minimum atomic E-state index is -0.861. The fraction of sp³-hybridized carbons (Fsp3) is 0.300. The van der Waals surface area contributed by atoms with Crippen LogP contribution in [-0.4, -0.2) is 42.1 Å². The zero-order valence-corrected chi connectivity index (χ0v) is 14.1. The van der Waals surface area contributed by atoms with E-state index in [2.05, 4.69) is 0 Å². The van der Waals surface area contributed by atoms with Gasteiger partial charge in [0.1, 0.15) is 0 Å². The first-order chi connectivity index (χ1) is 12.1. The summed E-state index contributed by atoms with van der Waals surface area (Å²) in [7, 11) is 1.62. The van der Waals surface area contributed by atoms with E-state index in [0.29, 0.717) is 18.7 Å². The van der Waals surface area contributed by atoms with E-state index in [1.807, 2.05) is 42.5 Å². The monoisotopic (exact) mass is 339 g/mol. The van der Waals surface area contributed by atoms with Gasteiger partial charge in [-0.3, -0.25) is 9.59 Å². The van der Waals surface area contributed by atoms with Gasteiger partial charge in [0.25, 0.3) is 5.91 Å². The number of methoxy groups -OCH3 is 1. The molecule has 130 valence electrons. The van der Waals surface area contributed by atoms with Gasteiger partial charge < -0.3 is 14.7 Å². The van der Waals surface area contributed by atoms with Gasteiger partial charge in [-0.1, -0.05) is 42.5 Å². The van der Waals surface area contributed by atoms with Crippen LogP contribution in [0.3, 0.4) is 0 Å². The zero-order valence-electron chi connectivity index (χ0n) is 14.1. The average molecular weight is 339 g/mol. The molecule has 1 aliphatic heterocycles. The summed E-state index contributed by atoms with van der Waals surface area (Å²) in [5.74, 6) is -1.76. The Morgan fingerprint density at radius 3 is 2.36 bits per heavy atom. The normalized spacial score (nSPS) is 19.8. The summed E-state index contributed by atoms with van der Waals surface area (Å²) in [5, 5.41) is 9.56. The third kappa shape index (κ3) is 3.72. The molecular weight excluding hydrogens is 318 g/mol. The Morgan fingerprint density at radius 2 is 1.76 bits per heavy atom. The number of carbonyl (C=O) groups is 2. The molecule has 1 fully saturated rings. The standard InChI is InChI=1S/C20H21NO4/c1-25-13-14-7-9-16(10-8-14)19(22)21-11-17(18(12-21)20(23)24)15-5-3-2-4-6-15/h2-10,17-18H,11-13H2,1H3,(H,23,24)/t17-,18-/m0/s1. The van der Waals surface area contributed by atoms with Gasteiger partial charge in [-0.2, -0.15) is 0 Å². The number of nitrogens with zero attached hydrogens (tertiary/aromatic N) is 1. The van der Waals surface area contributed by atoms with Crippen LogP contribution in [0.25, 0.3) is 0 Å². The molecule has 5 nitrogen and oxygen atoms in total. The number of hydrogen-bond donors (Lipinski definition) is 1. The van der Waals surface area contributed by atoms with Crippen LogP contribution < -0.4 is 0 Å². The van der Waals surface area contributed by atoms with Crippen molar-refractivity contribution in [2.45, 2.75) is 12.5 Å². The van der Waals surface area contributed by atoms with Crippen LogP contribution in [0.15, 0.2) is 54.6 Å². The quantitative estimate of drug-likeness (QED) is 0.910. The van der Waals surface area contributed by atoms with Crippen molar-refractivity contribution in [1.29, 1.82) is 0 Å². The van der Waals surface area contributed by atoms with Crippen molar-refractivity contribution in [3.05, 3.63) is 71.3 Å². The van der Waals surface area contributed by atoms with Crippen molar-refractivity contribution in [2.24, 2.45) is 5.92 Å². The Morgan fingerprint density at radius 1 is 1.08 bits per heavy atom. The van der Waals surface area contributed by atoms with E-state index in [0.717, 1.165) is 11.1 Å². The lowest BCUT2D eigenvalue weighted by atomic mass is 9.89. The molecule has 2 atom stereocenters. The summed E-state index contributed by atoms with van der Waals surface area (Å²) in [6.07, 6.45) is 0. The van der Waals surface area contributed by atoms with Crippen molar-refractivity contribution in [3.8, 4) is 0 Å². The number of carboxylic acid groups (broad SMARTS) is 1. The number of aliphatic carboxylic acids is 1. The number of carboxylic acids is 1. The lowest BCUT2D eigenvalue weighted by molar-refractivity contribution is -0.141. The molecular formula is C20H21NO4. The van der Waals surface area contributed by atoms with E-state index in [1.165, 1.54) is 0 Å². The highest BCUT2D eigenvalue weighted by Gasteiger charge is 2.40. The molecule has 0 aliphatic carbocycles. The highest BCUT2D eigenvalue weighted by Crippen LogP contribution is 2.33.